The molecule has 0 saturated carbocycles. The number of carboxylic acid groups (broad SMARTS) is 1. The van der Waals surface area contributed by atoms with Crippen molar-refractivity contribution in [2.24, 2.45) is 0 Å². The number of aliphatic carboxylic acids is 1. The van der Waals surface area contributed by atoms with Crippen LogP contribution in [-0.4, -0.2) is 11.1 Å². The smallest absolute Gasteiger partial charge is 0.329 e. The molecule has 82 valence electrons. The molecule has 3 heteroatoms. The van der Waals surface area contributed by atoms with E-state index >= 15 is 0 Å². The summed E-state index contributed by atoms with van der Waals surface area (Å²) in [5.74, 6) is -1.12. The first-order valence-corrected chi connectivity index (χ1v) is 5.04. The second-order valence-electron chi connectivity index (χ2n) is 3.57. The lowest BCUT2D eigenvalue weighted by Crippen LogP contribution is -1.91. The quantitative estimate of drug-likeness (QED) is 0.629. The highest BCUT2D eigenvalue weighted by atomic mass is 16.4. The summed E-state index contributed by atoms with van der Waals surface area (Å²) in [6.07, 6.45) is 0.921. The zero-order chi connectivity index (χ0) is 12.3. The van der Waals surface area contributed by atoms with Gasteiger partial charge >= 0.3 is 5.97 Å². The largest absolute Gasteiger partial charge is 0.478 e. The normalized spacial score (nSPS) is 11.1. The number of fused-ring (bicyclic) bond motifs is 1. The van der Waals surface area contributed by atoms with Crippen molar-refractivity contribution in [1.29, 1.82) is 5.26 Å². The van der Waals surface area contributed by atoms with Gasteiger partial charge in [-0.2, -0.15) is 5.26 Å². The molecule has 0 aliphatic rings. The first kappa shape index (κ1) is 10.9. The Bertz CT molecular complexity index is 651. The van der Waals surface area contributed by atoms with Crippen LogP contribution in [-0.2, 0) is 4.79 Å². The van der Waals surface area contributed by atoms with E-state index in [1.165, 1.54) is 0 Å². The van der Waals surface area contributed by atoms with Gasteiger partial charge in [-0.3, -0.25) is 0 Å². The fourth-order valence-electron chi connectivity index (χ4n) is 1.66. The zero-order valence-corrected chi connectivity index (χ0v) is 8.92. The molecule has 2 rings (SSSR count). The van der Waals surface area contributed by atoms with E-state index in [0.717, 1.165) is 16.8 Å². The van der Waals surface area contributed by atoms with Crippen LogP contribution in [0, 0.1) is 11.3 Å². The summed E-state index contributed by atoms with van der Waals surface area (Å²) in [6.45, 7) is 0. The number of nitrogens with zero attached hydrogens (tertiary/aromatic N) is 1. The van der Waals surface area contributed by atoms with Crippen molar-refractivity contribution in [2.75, 3.05) is 0 Å². The van der Waals surface area contributed by atoms with E-state index in [4.69, 9.17) is 10.4 Å². The number of benzene rings is 2. The van der Waals surface area contributed by atoms with Crippen LogP contribution in [0.15, 0.2) is 48.5 Å². The Morgan fingerprint density at radius 1 is 1.18 bits per heavy atom. The minimum Gasteiger partial charge on any atom is -0.478 e. The van der Waals surface area contributed by atoms with Crippen LogP contribution in [0.25, 0.3) is 16.3 Å². The van der Waals surface area contributed by atoms with Crippen molar-refractivity contribution in [2.45, 2.75) is 0 Å². The van der Waals surface area contributed by atoms with E-state index in [1.807, 2.05) is 42.5 Å². The summed E-state index contributed by atoms with van der Waals surface area (Å²) in [7, 11) is 0. The van der Waals surface area contributed by atoms with E-state index in [0.29, 0.717) is 5.56 Å². The summed E-state index contributed by atoms with van der Waals surface area (Å²) >= 11 is 0. The Morgan fingerprint density at radius 2 is 1.88 bits per heavy atom. The van der Waals surface area contributed by atoms with Gasteiger partial charge in [0.15, 0.2) is 0 Å². The second kappa shape index (κ2) is 4.50. The van der Waals surface area contributed by atoms with Crippen molar-refractivity contribution in [1.82, 2.24) is 0 Å². The molecule has 0 amide bonds. The average molecular weight is 223 g/mol. The molecule has 1 N–H and O–H groups in total. The minimum absolute atomic E-state index is 0.156. The third-order valence-electron chi connectivity index (χ3n) is 2.45. The van der Waals surface area contributed by atoms with Gasteiger partial charge in [0.1, 0.15) is 6.07 Å². The average Bonchev–Trinajstić information content (AvgIpc) is 2.35. The van der Waals surface area contributed by atoms with Gasteiger partial charge in [-0.15, -0.1) is 0 Å². The predicted molar refractivity (Wildman–Crippen MR) is 65.2 cm³/mol. The van der Waals surface area contributed by atoms with Gasteiger partial charge in [-0.1, -0.05) is 36.4 Å². The SMILES string of the molecule is N#C/C(=C\C(=O)O)c1ccc2ccccc2c1. The number of hydrogen-bond donors (Lipinski definition) is 1. The lowest BCUT2D eigenvalue weighted by Gasteiger charge is -2.01. The van der Waals surface area contributed by atoms with Crippen LogP contribution in [0.4, 0.5) is 0 Å². The van der Waals surface area contributed by atoms with Gasteiger partial charge in [-0.25, -0.2) is 4.79 Å². The van der Waals surface area contributed by atoms with E-state index in [1.54, 1.807) is 6.07 Å². The molecule has 2 aromatic rings. The molecule has 0 aromatic heterocycles. The molecule has 17 heavy (non-hydrogen) atoms. The van der Waals surface area contributed by atoms with Crippen LogP contribution < -0.4 is 0 Å². The summed E-state index contributed by atoms with van der Waals surface area (Å²) in [4.78, 5) is 10.6. The molecule has 0 spiro atoms. The van der Waals surface area contributed by atoms with Gasteiger partial charge in [0.2, 0.25) is 0 Å². The molecule has 2 aromatic carbocycles. The maximum Gasteiger partial charge on any atom is 0.329 e. The highest BCUT2D eigenvalue weighted by Gasteiger charge is 2.04. The molecule has 0 radical (unpaired) electrons. The molecule has 0 unspecified atom stereocenters. The first-order valence-electron chi connectivity index (χ1n) is 5.04. The highest BCUT2D eigenvalue weighted by molar-refractivity contribution is 5.96. The Kier molecular flexibility index (Phi) is 2.89. The number of allylic oxidation sites excluding steroid dienone is 1. The van der Waals surface area contributed by atoms with Crippen LogP contribution in [0.3, 0.4) is 0 Å². The van der Waals surface area contributed by atoms with Crippen LogP contribution >= 0.6 is 0 Å². The summed E-state index contributed by atoms with van der Waals surface area (Å²) < 4.78 is 0. The molecule has 0 aliphatic heterocycles. The van der Waals surface area contributed by atoms with Gasteiger partial charge in [0.25, 0.3) is 0 Å². The minimum atomic E-state index is -1.12. The van der Waals surface area contributed by atoms with E-state index in [9.17, 15) is 4.79 Å². The fourth-order valence-corrected chi connectivity index (χ4v) is 1.66. The van der Waals surface area contributed by atoms with Crippen molar-refractivity contribution >= 4 is 22.3 Å². The summed E-state index contributed by atoms with van der Waals surface area (Å²) in [5, 5.41) is 19.6. The van der Waals surface area contributed by atoms with E-state index in [-0.39, 0.29) is 5.57 Å². The zero-order valence-electron chi connectivity index (χ0n) is 8.92. The third kappa shape index (κ3) is 2.32. The van der Waals surface area contributed by atoms with E-state index < -0.39 is 5.97 Å². The Hall–Kier alpha value is -2.60. The Balaban J connectivity index is 2.57. The molecular weight excluding hydrogens is 214 g/mol. The second-order valence-corrected chi connectivity index (χ2v) is 3.57. The van der Waals surface area contributed by atoms with Crippen LogP contribution in [0.2, 0.25) is 0 Å². The number of rotatable bonds is 2. The van der Waals surface area contributed by atoms with Crippen molar-refractivity contribution in [3.63, 3.8) is 0 Å². The molecule has 3 nitrogen and oxygen atoms in total. The van der Waals surface area contributed by atoms with Gasteiger partial charge in [0.05, 0.1) is 5.57 Å². The van der Waals surface area contributed by atoms with Crippen molar-refractivity contribution in [3.8, 4) is 6.07 Å². The Morgan fingerprint density at radius 3 is 2.53 bits per heavy atom. The number of nitriles is 1. The molecular formula is C14H9NO2. The maximum atomic E-state index is 10.6. The molecule has 0 atom stereocenters. The molecule has 0 fully saturated rings. The third-order valence-corrected chi connectivity index (χ3v) is 2.45. The topological polar surface area (TPSA) is 61.1 Å². The lowest BCUT2D eigenvalue weighted by atomic mass is 10.0. The molecule has 0 aliphatic carbocycles. The van der Waals surface area contributed by atoms with Gasteiger partial charge in [0, 0.05) is 6.08 Å². The Labute approximate surface area is 98.2 Å². The number of carbonyl (C=O) groups is 1. The molecule has 0 bridgehead atoms. The standard InChI is InChI=1S/C14H9NO2/c15-9-13(8-14(16)17)12-6-5-10-3-1-2-4-11(10)7-12/h1-8H,(H,16,17)/b13-8+. The predicted octanol–water partition coefficient (Wildman–Crippen LogP) is 2.83. The van der Waals surface area contributed by atoms with Gasteiger partial charge in [-0.05, 0) is 22.4 Å². The maximum absolute atomic E-state index is 10.6. The van der Waals surface area contributed by atoms with E-state index in [2.05, 4.69) is 0 Å². The summed E-state index contributed by atoms with van der Waals surface area (Å²) in [5.41, 5.74) is 0.775. The van der Waals surface area contributed by atoms with Crippen LogP contribution in [0.1, 0.15) is 5.56 Å². The van der Waals surface area contributed by atoms with Crippen molar-refractivity contribution in [3.05, 3.63) is 54.1 Å². The molecule has 0 saturated heterocycles. The first-order chi connectivity index (χ1) is 8.20. The lowest BCUT2D eigenvalue weighted by molar-refractivity contribution is -0.131. The van der Waals surface area contributed by atoms with Crippen LogP contribution in [0.5, 0.6) is 0 Å². The summed E-state index contributed by atoms with van der Waals surface area (Å²) in [6, 6.07) is 15.1. The highest BCUT2D eigenvalue weighted by Crippen LogP contribution is 2.20. The fraction of sp³-hybridized carbons (Fsp3) is 0. The van der Waals surface area contributed by atoms with Gasteiger partial charge < -0.3 is 5.11 Å². The monoisotopic (exact) mass is 223 g/mol. The molecule has 0 heterocycles. The number of carboxylic acids is 1. The van der Waals surface area contributed by atoms with Crippen molar-refractivity contribution < 1.29 is 9.90 Å². The number of hydrogen-bond acceptors (Lipinski definition) is 2.